The van der Waals surface area contributed by atoms with Gasteiger partial charge < -0.3 is 18.9 Å². The molecule has 0 saturated heterocycles. The van der Waals surface area contributed by atoms with Crippen LogP contribution >= 0.6 is 0 Å². The molecule has 4 unspecified atom stereocenters. The van der Waals surface area contributed by atoms with E-state index < -0.39 is 24.1 Å². The predicted molar refractivity (Wildman–Crippen MR) is 133 cm³/mol. The van der Waals surface area contributed by atoms with Crippen molar-refractivity contribution in [2.75, 3.05) is 13.2 Å². The second-order valence-electron chi connectivity index (χ2n) is 8.92. The molecule has 0 aliphatic rings. The topological polar surface area (TPSA) is 71.1 Å². The minimum absolute atomic E-state index is 0.411. The van der Waals surface area contributed by atoms with Crippen molar-refractivity contribution < 1.29 is 28.5 Å². The monoisotopic (exact) mass is 470 g/mol. The predicted octanol–water partition coefficient (Wildman–Crippen LogP) is 6.33. The van der Waals surface area contributed by atoms with Crippen LogP contribution in [0.3, 0.4) is 0 Å². The van der Waals surface area contributed by atoms with Crippen molar-refractivity contribution in [1.29, 1.82) is 0 Å². The van der Waals surface area contributed by atoms with Crippen LogP contribution in [0.5, 0.6) is 11.5 Å². The van der Waals surface area contributed by atoms with Crippen molar-refractivity contribution in [1.82, 2.24) is 0 Å². The molecule has 0 spiro atoms. The number of hydrogen-bond acceptors (Lipinski definition) is 6. The van der Waals surface area contributed by atoms with Crippen molar-refractivity contribution in [2.24, 2.45) is 11.8 Å². The zero-order valence-corrected chi connectivity index (χ0v) is 21.2. The number of carbonyl (C=O) groups is 2. The normalized spacial score (nSPS) is 14.4. The fourth-order valence-electron chi connectivity index (χ4n) is 2.75. The SMILES string of the molecule is CCC(C)COc1ccc(C(=O)OC(C)C(C)OC(=O)c2ccc(OCC(C)CC)cc2)cc1. The maximum atomic E-state index is 12.5. The van der Waals surface area contributed by atoms with E-state index in [1.807, 2.05) is 0 Å². The summed E-state index contributed by atoms with van der Waals surface area (Å²) in [5.74, 6) is 1.40. The van der Waals surface area contributed by atoms with E-state index in [0.717, 1.165) is 12.8 Å². The third-order valence-electron chi connectivity index (χ3n) is 5.89. The van der Waals surface area contributed by atoms with Gasteiger partial charge in [-0.3, -0.25) is 0 Å². The molecule has 2 aromatic carbocycles. The molecule has 0 saturated carbocycles. The van der Waals surface area contributed by atoms with Crippen LogP contribution in [-0.4, -0.2) is 37.4 Å². The summed E-state index contributed by atoms with van der Waals surface area (Å²) in [5, 5.41) is 0. The molecule has 0 fully saturated rings. The molecule has 6 nitrogen and oxygen atoms in total. The molecule has 0 aliphatic carbocycles. The zero-order chi connectivity index (χ0) is 25.1. The Morgan fingerprint density at radius 1 is 0.618 bits per heavy atom. The lowest BCUT2D eigenvalue weighted by Gasteiger charge is -2.21. The molecule has 2 rings (SSSR count). The number of esters is 2. The van der Waals surface area contributed by atoms with Crippen molar-refractivity contribution in [3.63, 3.8) is 0 Å². The van der Waals surface area contributed by atoms with Crippen LogP contribution in [0.15, 0.2) is 48.5 Å². The molecule has 0 N–H and O–H groups in total. The van der Waals surface area contributed by atoms with Gasteiger partial charge >= 0.3 is 11.9 Å². The Hall–Kier alpha value is -3.02. The molecule has 4 atom stereocenters. The van der Waals surface area contributed by atoms with Crippen molar-refractivity contribution in [3.05, 3.63) is 59.7 Å². The average molecular weight is 471 g/mol. The minimum atomic E-state index is -0.615. The van der Waals surface area contributed by atoms with Gasteiger partial charge in [-0.15, -0.1) is 0 Å². The van der Waals surface area contributed by atoms with Crippen molar-refractivity contribution in [2.45, 2.75) is 66.6 Å². The van der Waals surface area contributed by atoms with Crippen molar-refractivity contribution >= 4 is 11.9 Å². The van der Waals surface area contributed by atoms with Crippen LogP contribution in [0, 0.1) is 11.8 Å². The van der Waals surface area contributed by atoms with E-state index in [-0.39, 0.29) is 0 Å². The van der Waals surface area contributed by atoms with Gasteiger partial charge in [0.25, 0.3) is 0 Å². The molecule has 34 heavy (non-hydrogen) atoms. The first kappa shape index (κ1) is 27.2. The van der Waals surface area contributed by atoms with Gasteiger partial charge in [-0.25, -0.2) is 9.59 Å². The smallest absolute Gasteiger partial charge is 0.338 e. The van der Waals surface area contributed by atoms with Crippen molar-refractivity contribution in [3.8, 4) is 11.5 Å². The lowest BCUT2D eigenvalue weighted by atomic mass is 10.1. The summed E-state index contributed by atoms with van der Waals surface area (Å²) in [4.78, 5) is 25.0. The second kappa shape index (κ2) is 13.6. The van der Waals surface area contributed by atoms with Gasteiger partial charge in [-0.05, 0) is 74.2 Å². The Bertz CT molecular complexity index is 815. The lowest BCUT2D eigenvalue weighted by Crippen LogP contribution is -2.30. The van der Waals surface area contributed by atoms with Gasteiger partial charge in [0.05, 0.1) is 24.3 Å². The standard InChI is InChI=1S/C28H38O6/c1-7-19(3)17-31-25-13-9-23(10-14-25)27(29)33-21(5)22(6)34-28(30)24-11-15-26(16-12-24)32-18-20(4)8-2/h9-16,19-22H,7-8,17-18H2,1-6H3. The molecule has 0 bridgehead atoms. The highest BCUT2D eigenvalue weighted by Crippen LogP contribution is 2.18. The van der Waals surface area contributed by atoms with E-state index in [1.54, 1.807) is 62.4 Å². The first-order valence-corrected chi connectivity index (χ1v) is 12.1. The van der Waals surface area contributed by atoms with E-state index in [4.69, 9.17) is 18.9 Å². The van der Waals surface area contributed by atoms with E-state index in [2.05, 4.69) is 27.7 Å². The van der Waals surface area contributed by atoms with E-state index in [1.165, 1.54) is 0 Å². The molecule has 0 amide bonds. The fraction of sp³-hybridized carbons (Fsp3) is 0.500. The number of carbonyl (C=O) groups excluding carboxylic acids is 2. The summed E-state index contributed by atoms with van der Waals surface area (Å²) >= 11 is 0. The molecule has 0 aromatic heterocycles. The van der Waals surface area contributed by atoms with Crippen LogP contribution in [0.1, 0.15) is 75.1 Å². The highest BCUT2D eigenvalue weighted by molar-refractivity contribution is 5.90. The van der Waals surface area contributed by atoms with E-state index >= 15 is 0 Å². The van der Waals surface area contributed by atoms with Gasteiger partial charge in [0, 0.05) is 0 Å². The Labute approximate surface area is 203 Å². The number of ether oxygens (including phenoxy) is 4. The van der Waals surface area contributed by atoms with Gasteiger partial charge in [-0.1, -0.05) is 40.5 Å². The summed E-state index contributed by atoms with van der Waals surface area (Å²) in [6, 6.07) is 13.7. The quantitative estimate of drug-likeness (QED) is 0.319. The summed E-state index contributed by atoms with van der Waals surface area (Å²) in [6.45, 7) is 13.2. The Kier molecular flexibility index (Phi) is 10.9. The molecule has 6 heteroatoms. The van der Waals surface area contributed by atoms with Gasteiger partial charge in [0.1, 0.15) is 23.7 Å². The summed E-state index contributed by atoms with van der Waals surface area (Å²) < 4.78 is 22.4. The molecule has 186 valence electrons. The number of hydrogen-bond donors (Lipinski definition) is 0. The molecule has 0 aliphatic heterocycles. The highest BCUT2D eigenvalue weighted by atomic mass is 16.6. The minimum Gasteiger partial charge on any atom is -0.493 e. The van der Waals surface area contributed by atoms with Crippen LogP contribution in [0.25, 0.3) is 0 Å². The van der Waals surface area contributed by atoms with Gasteiger partial charge in [0.2, 0.25) is 0 Å². The third-order valence-corrected chi connectivity index (χ3v) is 5.89. The first-order chi connectivity index (χ1) is 16.2. The fourth-order valence-corrected chi connectivity index (χ4v) is 2.75. The largest absolute Gasteiger partial charge is 0.493 e. The Balaban J connectivity index is 1.84. The first-order valence-electron chi connectivity index (χ1n) is 12.1. The molecular weight excluding hydrogens is 432 g/mol. The lowest BCUT2D eigenvalue weighted by molar-refractivity contribution is -0.0239. The van der Waals surface area contributed by atoms with Crippen LogP contribution in [0.4, 0.5) is 0 Å². The zero-order valence-electron chi connectivity index (χ0n) is 21.2. The van der Waals surface area contributed by atoms with E-state index in [9.17, 15) is 9.59 Å². The van der Waals surface area contributed by atoms with Crippen LogP contribution in [0.2, 0.25) is 0 Å². The van der Waals surface area contributed by atoms with Crippen LogP contribution in [-0.2, 0) is 9.47 Å². The molecule has 2 aromatic rings. The maximum absolute atomic E-state index is 12.5. The second-order valence-corrected chi connectivity index (χ2v) is 8.92. The van der Waals surface area contributed by atoms with Crippen LogP contribution < -0.4 is 9.47 Å². The average Bonchev–Trinajstić information content (AvgIpc) is 2.86. The molecular formula is C28H38O6. The third kappa shape index (κ3) is 8.73. The summed E-state index contributed by atoms with van der Waals surface area (Å²) in [5.41, 5.74) is 0.823. The summed E-state index contributed by atoms with van der Waals surface area (Å²) in [6.07, 6.45) is 0.860. The number of rotatable bonds is 13. The molecule has 0 heterocycles. The highest BCUT2D eigenvalue weighted by Gasteiger charge is 2.22. The Morgan fingerprint density at radius 3 is 1.24 bits per heavy atom. The van der Waals surface area contributed by atoms with Gasteiger partial charge in [-0.2, -0.15) is 0 Å². The van der Waals surface area contributed by atoms with E-state index in [0.29, 0.717) is 47.7 Å². The maximum Gasteiger partial charge on any atom is 0.338 e. The number of benzene rings is 2. The molecule has 0 radical (unpaired) electrons. The van der Waals surface area contributed by atoms with Gasteiger partial charge in [0.15, 0.2) is 0 Å². The summed E-state index contributed by atoms with van der Waals surface area (Å²) in [7, 11) is 0. The Morgan fingerprint density at radius 2 is 0.941 bits per heavy atom.